The van der Waals surface area contributed by atoms with Crippen LogP contribution in [0, 0.1) is 0 Å². The lowest BCUT2D eigenvalue weighted by Crippen LogP contribution is -1.96. The van der Waals surface area contributed by atoms with Gasteiger partial charge in [0.2, 0.25) is 0 Å². The van der Waals surface area contributed by atoms with Crippen LogP contribution < -0.4 is 4.74 Å². The second kappa shape index (κ2) is 3.91. The van der Waals surface area contributed by atoms with Gasteiger partial charge in [-0.25, -0.2) is 4.79 Å². The largest absolute Gasteiger partial charge is 0.495 e. The monoisotopic (exact) mass is 250 g/mol. The number of thiophene rings is 1. The smallest absolute Gasteiger partial charge is 0.348 e. The van der Waals surface area contributed by atoms with Gasteiger partial charge in [-0.2, -0.15) is 0 Å². The van der Waals surface area contributed by atoms with E-state index >= 15 is 0 Å². The van der Waals surface area contributed by atoms with Crippen molar-refractivity contribution >= 4 is 33.2 Å². The normalized spacial score (nSPS) is 9.58. The van der Waals surface area contributed by atoms with E-state index in [1.165, 1.54) is 18.4 Å². The number of halogens is 1. The first kappa shape index (κ1) is 9.54. The van der Waals surface area contributed by atoms with Gasteiger partial charge in [0.05, 0.1) is 14.2 Å². The number of hydrogen-bond acceptors (Lipinski definition) is 4. The van der Waals surface area contributed by atoms with E-state index in [1.54, 1.807) is 13.2 Å². The molecule has 0 amide bonds. The Hall–Kier alpha value is -0.550. The van der Waals surface area contributed by atoms with Gasteiger partial charge in [0.1, 0.15) is 14.4 Å². The Bertz CT molecular complexity index is 295. The summed E-state index contributed by atoms with van der Waals surface area (Å²) in [6, 6.07) is 1.64. The molecule has 0 spiro atoms. The Morgan fingerprint density at radius 2 is 2.25 bits per heavy atom. The van der Waals surface area contributed by atoms with Crippen molar-refractivity contribution in [3.05, 3.63) is 14.7 Å². The van der Waals surface area contributed by atoms with E-state index in [0.717, 1.165) is 3.79 Å². The molecule has 1 aromatic rings. The molecule has 5 heteroatoms. The minimum absolute atomic E-state index is 0.344. The summed E-state index contributed by atoms with van der Waals surface area (Å²) >= 11 is 4.55. The summed E-state index contributed by atoms with van der Waals surface area (Å²) in [5, 5.41) is 0. The molecule has 12 heavy (non-hydrogen) atoms. The Labute approximate surface area is 82.4 Å². The summed E-state index contributed by atoms with van der Waals surface area (Å²) in [5.41, 5.74) is 0. The number of esters is 1. The van der Waals surface area contributed by atoms with Crippen molar-refractivity contribution in [3.8, 4) is 5.75 Å². The third-order valence-corrected chi connectivity index (χ3v) is 3.02. The maximum absolute atomic E-state index is 11.0. The molecule has 0 aromatic carbocycles. The first-order chi connectivity index (χ1) is 5.69. The Morgan fingerprint density at radius 3 is 2.67 bits per heavy atom. The molecule has 66 valence electrons. The molecule has 0 atom stereocenters. The zero-order chi connectivity index (χ0) is 9.14. The molecule has 0 bridgehead atoms. The molecule has 0 radical (unpaired) electrons. The number of ether oxygens (including phenoxy) is 2. The first-order valence-corrected chi connectivity index (χ1v) is 4.71. The van der Waals surface area contributed by atoms with E-state index in [-0.39, 0.29) is 5.97 Å². The molecule has 0 aliphatic carbocycles. The molecule has 0 N–H and O–H groups in total. The molecule has 1 aromatic heterocycles. The zero-order valence-corrected chi connectivity index (χ0v) is 8.99. The lowest BCUT2D eigenvalue weighted by atomic mass is 10.4. The maximum Gasteiger partial charge on any atom is 0.348 e. The number of carbonyl (C=O) groups excluding carboxylic acids is 1. The average molecular weight is 251 g/mol. The Kier molecular flexibility index (Phi) is 3.11. The molecule has 0 saturated carbocycles. The fraction of sp³-hybridized carbons (Fsp3) is 0.286. The predicted molar refractivity (Wildman–Crippen MR) is 49.9 cm³/mol. The molecule has 0 aliphatic rings. The Balaban J connectivity index is 2.96. The third-order valence-electron chi connectivity index (χ3n) is 1.26. The van der Waals surface area contributed by atoms with Gasteiger partial charge >= 0.3 is 5.97 Å². The van der Waals surface area contributed by atoms with Crippen LogP contribution in [-0.4, -0.2) is 20.2 Å². The minimum atomic E-state index is -0.344. The topological polar surface area (TPSA) is 35.5 Å². The molecule has 1 rings (SSSR count). The number of methoxy groups -OCH3 is 2. The summed E-state index contributed by atoms with van der Waals surface area (Å²) in [7, 11) is 2.90. The van der Waals surface area contributed by atoms with Crippen LogP contribution in [0.4, 0.5) is 0 Å². The molecule has 0 aliphatic heterocycles. The van der Waals surface area contributed by atoms with Gasteiger partial charge in [-0.1, -0.05) is 0 Å². The van der Waals surface area contributed by atoms with Crippen molar-refractivity contribution in [2.75, 3.05) is 14.2 Å². The standard InChI is InChI=1S/C7H7BrO3S/c1-10-4-3-5(7(9)11-2)12-6(4)8/h3H,1-2H3. The molecule has 1 heterocycles. The first-order valence-electron chi connectivity index (χ1n) is 3.10. The van der Waals surface area contributed by atoms with Gasteiger partial charge < -0.3 is 9.47 Å². The summed E-state index contributed by atoms with van der Waals surface area (Å²) in [4.78, 5) is 11.5. The van der Waals surface area contributed by atoms with E-state index in [0.29, 0.717) is 10.6 Å². The number of carbonyl (C=O) groups is 1. The van der Waals surface area contributed by atoms with Crippen molar-refractivity contribution in [2.45, 2.75) is 0 Å². The number of rotatable bonds is 2. The maximum atomic E-state index is 11.0. The average Bonchev–Trinajstić information content (AvgIpc) is 2.45. The molecule has 0 saturated heterocycles. The van der Waals surface area contributed by atoms with Crippen molar-refractivity contribution < 1.29 is 14.3 Å². The molecule has 0 fully saturated rings. The lowest BCUT2D eigenvalue weighted by molar-refractivity contribution is 0.0606. The minimum Gasteiger partial charge on any atom is -0.495 e. The van der Waals surface area contributed by atoms with Crippen molar-refractivity contribution in [3.63, 3.8) is 0 Å². The molecular formula is C7H7BrO3S. The van der Waals surface area contributed by atoms with Gasteiger partial charge in [0.15, 0.2) is 0 Å². The van der Waals surface area contributed by atoms with Crippen LogP contribution in [0.1, 0.15) is 9.67 Å². The van der Waals surface area contributed by atoms with Crippen molar-refractivity contribution in [1.82, 2.24) is 0 Å². The Morgan fingerprint density at radius 1 is 1.58 bits per heavy atom. The summed E-state index contributed by atoms with van der Waals surface area (Å²) in [5.74, 6) is 0.310. The SMILES string of the molecule is COC(=O)c1cc(OC)c(Br)s1. The highest BCUT2D eigenvalue weighted by molar-refractivity contribution is 9.11. The quantitative estimate of drug-likeness (QED) is 0.756. The zero-order valence-electron chi connectivity index (χ0n) is 6.59. The van der Waals surface area contributed by atoms with Crippen LogP contribution in [0.2, 0.25) is 0 Å². The summed E-state index contributed by atoms with van der Waals surface area (Å²) in [6.45, 7) is 0. The van der Waals surface area contributed by atoms with Gasteiger partial charge in [-0.05, 0) is 15.9 Å². The van der Waals surface area contributed by atoms with Crippen LogP contribution in [0.15, 0.2) is 9.85 Å². The number of hydrogen-bond donors (Lipinski definition) is 0. The lowest BCUT2D eigenvalue weighted by Gasteiger charge is -1.92. The van der Waals surface area contributed by atoms with Crippen molar-refractivity contribution in [1.29, 1.82) is 0 Å². The van der Waals surface area contributed by atoms with Crippen LogP contribution in [0.5, 0.6) is 5.75 Å². The van der Waals surface area contributed by atoms with Crippen LogP contribution in [0.3, 0.4) is 0 Å². The van der Waals surface area contributed by atoms with E-state index in [4.69, 9.17) is 4.74 Å². The highest BCUT2D eigenvalue weighted by atomic mass is 79.9. The van der Waals surface area contributed by atoms with Crippen LogP contribution in [-0.2, 0) is 4.74 Å². The van der Waals surface area contributed by atoms with E-state index in [1.807, 2.05) is 0 Å². The molecular weight excluding hydrogens is 244 g/mol. The van der Waals surface area contributed by atoms with Crippen LogP contribution in [0.25, 0.3) is 0 Å². The van der Waals surface area contributed by atoms with Gasteiger partial charge in [-0.15, -0.1) is 11.3 Å². The van der Waals surface area contributed by atoms with Crippen molar-refractivity contribution in [2.24, 2.45) is 0 Å². The van der Waals surface area contributed by atoms with Gasteiger partial charge in [0, 0.05) is 6.07 Å². The summed E-state index contributed by atoms with van der Waals surface area (Å²) in [6.07, 6.45) is 0. The third kappa shape index (κ3) is 1.78. The van der Waals surface area contributed by atoms with E-state index in [2.05, 4.69) is 20.7 Å². The highest BCUT2D eigenvalue weighted by Gasteiger charge is 2.13. The second-order valence-corrected chi connectivity index (χ2v) is 4.31. The predicted octanol–water partition coefficient (Wildman–Crippen LogP) is 2.31. The second-order valence-electron chi connectivity index (χ2n) is 1.94. The van der Waals surface area contributed by atoms with Gasteiger partial charge in [-0.3, -0.25) is 0 Å². The van der Waals surface area contributed by atoms with Gasteiger partial charge in [0.25, 0.3) is 0 Å². The fourth-order valence-corrected chi connectivity index (χ4v) is 2.26. The summed E-state index contributed by atoms with van der Waals surface area (Å²) < 4.78 is 10.3. The van der Waals surface area contributed by atoms with E-state index < -0.39 is 0 Å². The molecule has 3 nitrogen and oxygen atoms in total. The van der Waals surface area contributed by atoms with E-state index in [9.17, 15) is 4.79 Å². The highest BCUT2D eigenvalue weighted by Crippen LogP contribution is 2.34. The fourth-order valence-electron chi connectivity index (χ4n) is 0.692. The molecule has 0 unspecified atom stereocenters. The van der Waals surface area contributed by atoms with Crippen LogP contribution >= 0.6 is 27.3 Å².